The van der Waals surface area contributed by atoms with E-state index in [1.54, 1.807) is 13.2 Å². The Morgan fingerprint density at radius 3 is 2.74 bits per heavy atom. The highest BCUT2D eigenvalue weighted by Crippen LogP contribution is 2.66. The molecule has 2 bridgehead atoms. The molecule has 35 heavy (non-hydrogen) atoms. The molecule has 9 heteroatoms. The molecule has 2 unspecified atom stereocenters. The van der Waals surface area contributed by atoms with Gasteiger partial charge in [-0.2, -0.15) is 0 Å². The van der Waals surface area contributed by atoms with Gasteiger partial charge in [0.1, 0.15) is 12.1 Å². The van der Waals surface area contributed by atoms with Crippen LogP contribution in [0.1, 0.15) is 56.1 Å². The number of aliphatic carboxylic acids is 2. The summed E-state index contributed by atoms with van der Waals surface area (Å²) in [6, 6.07) is 2.62. The third-order valence-electron chi connectivity index (χ3n) is 9.45. The van der Waals surface area contributed by atoms with Crippen LogP contribution in [0.5, 0.6) is 11.5 Å². The van der Waals surface area contributed by atoms with Gasteiger partial charge in [-0.1, -0.05) is 6.07 Å². The van der Waals surface area contributed by atoms with Crippen LogP contribution >= 0.6 is 0 Å². The summed E-state index contributed by atoms with van der Waals surface area (Å²) >= 11 is 0. The number of benzene rings is 1. The molecule has 1 aromatic carbocycles. The molecule has 0 radical (unpaired) electrons. The maximum atomic E-state index is 12.0. The molecule has 190 valence electrons. The lowest BCUT2D eigenvalue weighted by Gasteiger charge is -2.65. The van der Waals surface area contributed by atoms with E-state index in [1.807, 2.05) is 6.07 Å². The highest BCUT2D eigenvalue weighted by molar-refractivity contribution is 5.75. The van der Waals surface area contributed by atoms with E-state index < -0.39 is 35.1 Å². The van der Waals surface area contributed by atoms with Crippen molar-refractivity contribution in [1.29, 1.82) is 0 Å². The number of nitrogens with zero attached hydrogens (tertiary/aromatic N) is 1. The molecule has 6 atom stereocenters. The molecule has 3 fully saturated rings. The van der Waals surface area contributed by atoms with Crippen LogP contribution in [0, 0.1) is 5.92 Å². The maximum Gasteiger partial charge on any atom is 0.320 e. The Morgan fingerprint density at radius 1 is 1.26 bits per heavy atom. The molecule has 9 nitrogen and oxygen atoms in total. The van der Waals surface area contributed by atoms with Crippen LogP contribution < -0.4 is 10.1 Å². The minimum atomic E-state index is -1.06. The summed E-state index contributed by atoms with van der Waals surface area (Å²) in [7, 11) is 1.79. The molecule has 2 aliphatic heterocycles. The lowest BCUT2D eigenvalue weighted by molar-refractivity contribution is -0.208. The van der Waals surface area contributed by atoms with E-state index in [2.05, 4.69) is 10.2 Å². The van der Waals surface area contributed by atoms with Crippen molar-refractivity contribution in [2.45, 2.75) is 86.6 Å². The molecule has 0 aromatic heterocycles. The van der Waals surface area contributed by atoms with E-state index in [4.69, 9.17) is 14.6 Å². The van der Waals surface area contributed by atoms with Gasteiger partial charge in [-0.15, -0.1) is 0 Å². The SMILES string of the molecule is CO[C@@]12CC[C@H](NC(CCC(=O)O)C(=O)O)[C@@H]3Oc4c(O)ccc5c4[C@@]31CCN(CC1CC1)C2C5. The van der Waals surface area contributed by atoms with E-state index in [0.717, 1.165) is 43.8 Å². The molecule has 2 heterocycles. The van der Waals surface area contributed by atoms with Crippen LogP contribution in [0.3, 0.4) is 0 Å². The van der Waals surface area contributed by atoms with Gasteiger partial charge in [-0.25, -0.2) is 0 Å². The van der Waals surface area contributed by atoms with Crippen LogP contribution in [0.25, 0.3) is 0 Å². The topological polar surface area (TPSA) is 129 Å². The summed E-state index contributed by atoms with van der Waals surface area (Å²) in [4.78, 5) is 25.7. The zero-order valence-corrected chi connectivity index (χ0v) is 20.0. The van der Waals surface area contributed by atoms with Gasteiger partial charge in [-0.05, 0) is 69.0 Å². The number of piperidine rings is 1. The highest BCUT2D eigenvalue weighted by Gasteiger charge is 2.74. The average molecular weight is 487 g/mol. The van der Waals surface area contributed by atoms with Gasteiger partial charge in [0.2, 0.25) is 0 Å². The van der Waals surface area contributed by atoms with Crippen LogP contribution in [-0.4, -0.2) is 82.2 Å². The van der Waals surface area contributed by atoms with Gasteiger partial charge in [0.15, 0.2) is 11.5 Å². The standard InChI is InChI=1S/C26H34N2O7/c1-34-26-9-8-16(27-17(24(32)33)5-7-20(30)31)23-25(26)10-11-28(13-14-2-3-14)19(26)12-15-4-6-18(29)22(35-23)21(15)25/h4,6,14,16-17,19,23,27,29H,2-3,5,7-13H2,1H3,(H,30,31)(H,32,33)/t16-,17?,19?,23-,25-,26+/m0/s1. The fraction of sp³-hybridized carbons (Fsp3) is 0.692. The monoisotopic (exact) mass is 486 g/mol. The molecule has 3 aliphatic carbocycles. The third kappa shape index (κ3) is 3.24. The predicted octanol–water partition coefficient (Wildman–Crippen LogP) is 1.89. The second-order valence-corrected chi connectivity index (χ2v) is 11.1. The van der Waals surface area contributed by atoms with Crippen LogP contribution in [0.15, 0.2) is 12.1 Å². The van der Waals surface area contributed by atoms with Gasteiger partial charge < -0.3 is 24.8 Å². The molecule has 1 aromatic rings. The zero-order chi connectivity index (χ0) is 24.5. The van der Waals surface area contributed by atoms with Crippen molar-refractivity contribution in [3.63, 3.8) is 0 Å². The summed E-state index contributed by atoms with van der Waals surface area (Å²) < 4.78 is 13.1. The summed E-state index contributed by atoms with van der Waals surface area (Å²) in [5.74, 6) is -0.707. The molecular weight excluding hydrogens is 452 g/mol. The Bertz CT molecular complexity index is 1060. The second kappa shape index (κ2) is 8.08. The van der Waals surface area contributed by atoms with Crippen LogP contribution in [0.2, 0.25) is 0 Å². The van der Waals surface area contributed by atoms with E-state index in [9.17, 15) is 19.8 Å². The van der Waals surface area contributed by atoms with Crippen LogP contribution in [0.4, 0.5) is 0 Å². The molecule has 6 rings (SSSR count). The fourth-order valence-electron chi connectivity index (χ4n) is 7.84. The first-order chi connectivity index (χ1) is 16.8. The number of hydrogen-bond donors (Lipinski definition) is 4. The van der Waals surface area contributed by atoms with Crippen molar-refractivity contribution in [2.24, 2.45) is 5.92 Å². The first kappa shape index (κ1) is 23.1. The maximum absolute atomic E-state index is 12.0. The Hall–Kier alpha value is -2.36. The van der Waals surface area contributed by atoms with E-state index in [1.165, 1.54) is 18.4 Å². The number of carbonyl (C=O) groups is 2. The summed E-state index contributed by atoms with van der Waals surface area (Å²) in [6.45, 7) is 1.99. The summed E-state index contributed by atoms with van der Waals surface area (Å²) in [6.07, 6.45) is 4.98. The van der Waals surface area contributed by atoms with Crippen molar-refractivity contribution in [1.82, 2.24) is 10.2 Å². The Kier molecular flexibility index (Phi) is 5.32. The molecule has 4 N–H and O–H groups in total. The van der Waals surface area contributed by atoms with Gasteiger partial charge in [0, 0.05) is 37.7 Å². The molecule has 1 spiro atoms. The smallest absolute Gasteiger partial charge is 0.320 e. The minimum Gasteiger partial charge on any atom is -0.504 e. The van der Waals surface area contributed by atoms with Crippen molar-refractivity contribution >= 4 is 11.9 Å². The van der Waals surface area contributed by atoms with Gasteiger partial charge in [0.25, 0.3) is 0 Å². The highest BCUT2D eigenvalue weighted by atomic mass is 16.5. The number of ether oxygens (including phenoxy) is 2. The third-order valence-corrected chi connectivity index (χ3v) is 9.45. The van der Waals surface area contributed by atoms with Crippen molar-refractivity contribution in [3.8, 4) is 11.5 Å². The van der Waals surface area contributed by atoms with Crippen molar-refractivity contribution < 1.29 is 34.4 Å². The Labute approximate surface area is 204 Å². The lowest BCUT2D eigenvalue weighted by atomic mass is 9.48. The number of carboxylic acids is 2. The lowest BCUT2D eigenvalue weighted by Crippen LogP contribution is -2.79. The number of aromatic hydroxyl groups is 1. The molecular formula is C26H34N2O7. The number of likely N-dealkylation sites (tertiary alicyclic amines) is 1. The quantitative estimate of drug-likeness (QED) is 0.414. The predicted molar refractivity (Wildman–Crippen MR) is 125 cm³/mol. The number of carboxylic acid groups (broad SMARTS) is 2. The Balaban J connectivity index is 1.41. The molecule has 1 saturated heterocycles. The molecule has 0 amide bonds. The number of phenols is 1. The first-order valence-electron chi connectivity index (χ1n) is 12.8. The second-order valence-electron chi connectivity index (χ2n) is 11.1. The zero-order valence-electron chi connectivity index (χ0n) is 20.0. The van der Waals surface area contributed by atoms with Gasteiger partial charge in [-0.3, -0.25) is 19.8 Å². The number of rotatable bonds is 9. The number of phenolic OH excluding ortho intramolecular Hbond substituents is 1. The van der Waals surface area contributed by atoms with Gasteiger partial charge in [0.05, 0.1) is 11.0 Å². The normalized spacial score (nSPS) is 35.7. The summed E-state index contributed by atoms with van der Waals surface area (Å²) in [5.41, 5.74) is 1.23. The number of methoxy groups -OCH3 is 1. The van der Waals surface area contributed by atoms with Crippen molar-refractivity contribution in [2.75, 3.05) is 20.2 Å². The van der Waals surface area contributed by atoms with E-state index in [0.29, 0.717) is 12.2 Å². The van der Waals surface area contributed by atoms with E-state index >= 15 is 0 Å². The summed E-state index contributed by atoms with van der Waals surface area (Å²) in [5, 5.41) is 33.0. The van der Waals surface area contributed by atoms with Gasteiger partial charge >= 0.3 is 11.9 Å². The first-order valence-corrected chi connectivity index (χ1v) is 12.8. The average Bonchev–Trinajstić information content (AvgIpc) is 3.57. The van der Waals surface area contributed by atoms with Crippen LogP contribution in [-0.2, 0) is 26.2 Å². The van der Waals surface area contributed by atoms with Crippen molar-refractivity contribution in [3.05, 3.63) is 23.3 Å². The molecule has 5 aliphatic rings. The minimum absolute atomic E-state index is 0.00243. The molecule has 2 saturated carbocycles. The number of nitrogens with one attached hydrogen (secondary N) is 1. The largest absolute Gasteiger partial charge is 0.504 e. The van der Waals surface area contributed by atoms with E-state index in [-0.39, 0.29) is 30.7 Å². The Morgan fingerprint density at radius 2 is 2.06 bits per heavy atom. The fourth-order valence-corrected chi connectivity index (χ4v) is 7.84. The number of hydrogen-bond acceptors (Lipinski definition) is 7.